The molecule has 0 saturated carbocycles. The highest BCUT2D eigenvalue weighted by Gasteiger charge is 2.38. The molecule has 7 rings (SSSR count). The molecule has 1 aromatic heterocycles. The number of nitrogens with zero attached hydrogens (tertiary/aromatic N) is 5. The van der Waals surface area contributed by atoms with Gasteiger partial charge in [0.25, 0.3) is 0 Å². The molecule has 3 aliphatic rings. The van der Waals surface area contributed by atoms with Gasteiger partial charge < -0.3 is 30.3 Å². The molecule has 0 bridgehead atoms. The summed E-state index contributed by atoms with van der Waals surface area (Å²) in [5.74, 6) is 0.185. The molecule has 0 amide bonds. The van der Waals surface area contributed by atoms with Crippen LogP contribution in [-0.4, -0.2) is 56.7 Å². The number of aryl methyl sites for hydroxylation is 1. The molecule has 3 aliphatic heterocycles. The molecular weight excluding hydrogens is 787 g/mol. The number of hydrogen-bond donors (Lipinski definition) is 3. The summed E-state index contributed by atoms with van der Waals surface area (Å²) in [4.78, 5) is 21.2. The van der Waals surface area contributed by atoms with E-state index in [0.717, 1.165) is 132 Å². The van der Waals surface area contributed by atoms with E-state index >= 15 is 8.78 Å². The highest BCUT2D eigenvalue weighted by molar-refractivity contribution is 5.90. The number of hydrogen-bond acceptors (Lipinski definition) is 7. The second kappa shape index (κ2) is 19.2. The van der Waals surface area contributed by atoms with Crippen molar-refractivity contribution < 1.29 is 8.78 Å². The largest absolute Gasteiger partial charge is 0.381 e. The quantitative estimate of drug-likeness (QED) is 0.0919. The predicted octanol–water partition coefficient (Wildman–Crippen LogP) is 12.7. The van der Waals surface area contributed by atoms with Crippen LogP contribution in [0.15, 0.2) is 103 Å². The maximum absolute atomic E-state index is 15.5. The van der Waals surface area contributed by atoms with Crippen molar-refractivity contribution in [3.05, 3.63) is 137 Å². The Kier molecular flexibility index (Phi) is 13.9. The fraction of sp³-hybridized carbons (Fsp3) is 0.472. The standard InChI is InChI=1S/C53H70F2N8/c1-13-33(6)56-36(9)38(11)61-25-16-18-51(61)53-59-45-22-21-41(28-47(45)60-53)50-24-23-49(63(50)42-29-43(54)35(8)44(55)30-42)40-20-19-32(5)46(27-40)58-37(10)48-17-15-26-62(48)39(12)52(31(3)4)57-34(7)14-2/h19-22,27-31,36,48-52,56-57H,6-7,11-18,23-26H2,1-5,8-10H3,(H,59,60)/b58-37+/t36?,48-,49?,50+,51?,52?/m0/s1. The Morgan fingerprint density at radius 3 is 2.08 bits per heavy atom. The average molecular weight is 857 g/mol. The Balaban J connectivity index is 1.19. The summed E-state index contributed by atoms with van der Waals surface area (Å²) >= 11 is 0. The van der Waals surface area contributed by atoms with Gasteiger partial charge in [0.15, 0.2) is 0 Å². The smallest absolute Gasteiger partial charge is 0.131 e. The summed E-state index contributed by atoms with van der Waals surface area (Å²) in [6.07, 6.45) is 7.46. The highest BCUT2D eigenvalue weighted by Crippen LogP contribution is 2.49. The number of aromatic amines is 1. The molecule has 4 heterocycles. The van der Waals surface area contributed by atoms with Crippen molar-refractivity contribution in [3.8, 4) is 0 Å². The number of benzene rings is 3. The maximum atomic E-state index is 15.5. The lowest BCUT2D eigenvalue weighted by Crippen LogP contribution is -2.44. The minimum Gasteiger partial charge on any atom is -0.381 e. The predicted molar refractivity (Wildman–Crippen MR) is 258 cm³/mol. The lowest BCUT2D eigenvalue weighted by atomic mass is 9.98. The van der Waals surface area contributed by atoms with E-state index in [1.807, 2.05) is 0 Å². The third-order valence-electron chi connectivity index (χ3n) is 14.0. The number of imidazole rings is 1. The molecule has 10 heteroatoms. The van der Waals surface area contributed by atoms with Gasteiger partial charge in [-0.1, -0.05) is 72.2 Å². The summed E-state index contributed by atoms with van der Waals surface area (Å²) in [7, 11) is 0. The van der Waals surface area contributed by atoms with Gasteiger partial charge in [-0.05, 0) is 132 Å². The Hall–Kier alpha value is -5.38. The first-order valence-corrected chi connectivity index (χ1v) is 23.3. The normalized spacial score (nSPS) is 21.4. The SMILES string of the molecule is C=C(CC)NC(C)C(=C)N1CCCC1c1nc2cc([C@H]3CCC(c4ccc(C)c(/N=C(\C)[C@@H]5CCCN5C(=C)C(NC(=C)CC)C(C)C)c4)N3c3cc(F)c(C)c(F)c3)ccc2[nH]1. The fourth-order valence-electron chi connectivity index (χ4n) is 10.0. The maximum Gasteiger partial charge on any atom is 0.131 e. The summed E-state index contributed by atoms with van der Waals surface area (Å²) in [5, 5.41) is 7.13. The van der Waals surface area contributed by atoms with E-state index in [0.29, 0.717) is 11.6 Å². The molecule has 3 N–H and O–H groups in total. The molecule has 0 radical (unpaired) electrons. The van der Waals surface area contributed by atoms with E-state index in [1.165, 1.54) is 19.1 Å². The third-order valence-corrected chi connectivity index (χ3v) is 14.0. The van der Waals surface area contributed by atoms with Crippen molar-refractivity contribution in [2.24, 2.45) is 10.9 Å². The zero-order chi connectivity index (χ0) is 45.3. The minimum absolute atomic E-state index is 0.0255. The summed E-state index contributed by atoms with van der Waals surface area (Å²) in [5.41, 5.74) is 11.7. The van der Waals surface area contributed by atoms with Gasteiger partial charge in [0.1, 0.15) is 17.5 Å². The van der Waals surface area contributed by atoms with Crippen LogP contribution in [0.25, 0.3) is 11.0 Å². The molecule has 4 unspecified atom stereocenters. The van der Waals surface area contributed by atoms with Crippen LogP contribution in [0.1, 0.15) is 139 Å². The monoisotopic (exact) mass is 857 g/mol. The summed E-state index contributed by atoms with van der Waals surface area (Å²) in [6.45, 7) is 35.9. The summed E-state index contributed by atoms with van der Waals surface area (Å²) < 4.78 is 30.9. The minimum atomic E-state index is -0.547. The van der Waals surface area contributed by atoms with E-state index in [9.17, 15) is 0 Å². The van der Waals surface area contributed by atoms with E-state index in [4.69, 9.17) is 9.98 Å². The lowest BCUT2D eigenvalue weighted by Gasteiger charge is -2.36. The van der Waals surface area contributed by atoms with Crippen molar-refractivity contribution in [3.63, 3.8) is 0 Å². The van der Waals surface area contributed by atoms with Gasteiger partial charge in [-0.15, -0.1) is 0 Å². The Labute approximate surface area is 375 Å². The fourth-order valence-corrected chi connectivity index (χ4v) is 10.0. The topological polar surface area (TPSA) is 74.8 Å². The molecule has 63 heavy (non-hydrogen) atoms. The van der Waals surface area contributed by atoms with E-state index in [1.54, 1.807) is 0 Å². The molecule has 0 spiro atoms. The van der Waals surface area contributed by atoms with Crippen LogP contribution >= 0.6 is 0 Å². The number of likely N-dealkylation sites (tertiary alicyclic amines) is 2. The Morgan fingerprint density at radius 1 is 0.794 bits per heavy atom. The molecule has 3 fully saturated rings. The number of aliphatic imine (C=N–C) groups is 1. The van der Waals surface area contributed by atoms with Gasteiger partial charge in [-0.3, -0.25) is 4.99 Å². The van der Waals surface area contributed by atoms with Gasteiger partial charge in [0.2, 0.25) is 0 Å². The van der Waals surface area contributed by atoms with Crippen molar-refractivity contribution in [1.82, 2.24) is 30.4 Å². The Bertz CT molecular complexity index is 2370. The first kappa shape index (κ1) is 45.6. The van der Waals surface area contributed by atoms with Crippen LogP contribution in [0.4, 0.5) is 20.2 Å². The third kappa shape index (κ3) is 9.46. The second-order valence-corrected chi connectivity index (χ2v) is 18.6. The van der Waals surface area contributed by atoms with Gasteiger partial charge in [0.05, 0.1) is 53.0 Å². The molecule has 4 aromatic rings. The number of H-pyrrole nitrogens is 1. The molecular formula is C53H70F2N8. The molecule has 6 atom stereocenters. The van der Waals surface area contributed by atoms with Gasteiger partial charge >= 0.3 is 0 Å². The van der Waals surface area contributed by atoms with Gasteiger partial charge in [-0.25, -0.2) is 13.8 Å². The first-order chi connectivity index (χ1) is 30.1. The van der Waals surface area contributed by atoms with Crippen LogP contribution in [-0.2, 0) is 0 Å². The number of halogens is 2. The highest BCUT2D eigenvalue weighted by atomic mass is 19.1. The average Bonchev–Trinajstić information content (AvgIpc) is 4.10. The number of anilines is 1. The summed E-state index contributed by atoms with van der Waals surface area (Å²) in [6, 6.07) is 16.0. The van der Waals surface area contributed by atoms with Crippen LogP contribution in [0.5, 0.6) is 0 Å². The van der Waals surface area contributed by atoms with Gasteiger partial charge in [-0.2, -0.15) is 0 Å². The number of nitrogens with one attached hydrogen (secondary N) is 3. The second-order valence-electron chi connectivity index (χ2n) is 18.6. The van der Waals surface area contributed by atoms with Gasteiger partial charge in [0, 0.05) is 52.8 Å². The zero-order valence-corrected chi connectivity index (χ0v) is 39.1. The number of aromatic nitrogens is 2. The molecule has 8 nitrogen and oxygen atoms in total. The van der Waals surface area contributed by atoms with E-state index < -0.39 is 11.6 Å². The van der Waals surface area contributed by atoms with Crippen LogP contribution < -0.4 is 15.5 Å². The molecule has 3 saturated heterocycles. The first-order valence-electron chi connectivity index (χ1n) is 23.3. The van der Waals surface area contributed by atoms with Crippen LogP contribution in [0, 0.1) is 31.4 Å². The lowest BCUT2D eigenvalue weighted by molar-refractivity contribution is 0.294. The number of fused-ring (bicyclic) bond motifs is 1. The van der Waals surface area contributed by atoms with Crippen molar-refractivity contribution in [2.75, 3.05) is 18.0 Å². The van der Waals surface area contributed by atoms with E-state index in [-0.39, 0.29) is 41.8 Å². The van der Waals surface area contributed by atoms with Crippen molar-refractivity contribution in [2.45, 2.75) is 143 Å². The van der Waals surface area contributed by atoms with Crippen LogP contribution in [0.2, 0.25) is 0 Å². The molecule has 336 valence electrons. The Morgan fingerprint density at radius 2 is 1.41 bits per heavy atom. The number of allylic oxidation sites excluding steroid dienone is 2. The number of rotatable bonds is 17. The van der Waals surface area contributed by atoms with E-state index in [2.05, 4.69) is 141 Å². The van der Waals surface area contributed by atoms with Crippen molar-refractivity contribution >= 4 is 28.1 Å². The van der Waals surface area contributed by atoms with Crippen LogP contribution in [0.3, 0.4) is 0 Å². The zero-order valence-electron chi connectivity index (χ0n) is 39.1. The molecule has 3 aromatic carbocycles. The molecule has 0 aliphatic carbocycles. The van der Waals surface area contributed by atoms with Crippen molar-refractivity contribution in [1.29, 1.82) is 0 Å².